The number of benzene rings is 2. The Hall–Kier alpha value is -3.42. The van der Waals surface area contributed by atoms with Gasteiger partial charge >= 0.3 is 5.69 Å². The first kappa shape index (κ1) is 19.9. The van der Waals surface area contributed by atoms with E-state index in [0.29, 0.717) is 38.1 Å². The van der Waals surface area contributed by atoms with Gasteiger partial charge in [0.15, 0.2) is 0 Å². The average Bonchev–Trinajstić information content (AvgIpc) is 2.93. The largest absolute Gasteiger partial charge is 0.339 e. The number of halogens is 1. The Kier molecular flexibility index (Phi) is 5.39. The fourth-order valence-electron chi connectivity index (χ4n) is 3.93. The molecule has 1 fully saturated rings. The number of rotatable bonds is 3. The predicted octanol–water partition coefficient (Wildman–Crippen LogP) is 1.85. The Morgan fingerprint density at radius 2 is 1.53 bits per heavy atom. The van der Waals surface area contributed by atoms with Crippen molar-refractivity contribution < 1.29 is 14.0 Å². The van der Waals surface area contributed by atoms with Gasteiger partial charge in [-0.15, -0.1) is 0 Å². The van der Waals surface area contributed by atoms with Crippen molar-refractivity contribution >= 4 is 22.8 Å². The monoisotopic (exact) mass is 410 g/mol. The highest BCUT2D eigenvalue weighted by molar-refractivity contribution is 5.94. The SMILES string of the molecule is Cn1c(=O)n(CC(=O)N2CCCN(C(=O)c3ccccc3F)CC2)c2ccccc21. The number of amides is 2. The Labute approximate surface area is 172 Å². The van der Waals surface area contributed by atoms with Crippen LogP contribution in [0, 0.1) is 5.82 Å². The van der Waals surface area contributed by atoms with Crippen LogP contribution in [0.5, 0.6) is 0 Å². The molecule has 1 saturated heterocycles. The molecule has 2 aromatic carbocycles. The third kappa shape index (κ3) is 3.60. The second-order valence-corrected chi connectivity index (χ2v) is 7.42. The van der Waals surface area contributed by atoms with Crippen LogP contribution in [-0.2, 0) is 18.4 Å². The molecule has 0 unspecified atom stereocenters. The molecule has 1 aliphatic heterocycles. The summed E-state index contributed by atoms with van der Waals surface area (Å²) in [6.07, 6.45) is 0.594. The summed E-state index contributed by atoms with van der Waals surface area (Å²) in [5.74, 6) is -1.09. The minimum absolute atomic E-state index is 0.0413. The molecule has 30 heavy (non-hydrogen) atoms. The van der Waals surface area contributed by atoms with Crippen molar-refractivity contribution in [2.24, 2.45) is 7.05 Å². The standard InChI is InChI=1S/C22H23FN4O3/c1-24-18-9-4-5-10-19(18)27(22(24)30)15-20(28)25-11-6-12-26(14-13-25)21(29)16-7-2-3-8-17(16)23/h2-5,7-10H,6,11-15H2,1H3. The zero-order valence-electron chi connectivity index (χ0n) is 16.8. The zero-order valence-corrected chi connectivity index (χ0v) is 16.8. The Balaban J connectivity index is 1.47. The van der Waals surface area contributed by atoms with Crippen molar-refractivity contribution in [2.75, 3.05) is 26.2 Å². The molecule has 1 aliphatic rings. The number of carbonyl (C=O) groups is 2. The first-order chi connectivity index (χ1) is 14.5. The van der Waals surface area contributed by atoms with E-state index in [9.17, 15) is 18.8 Å². The van der Waals surface area contributed by atoms with Crippen LogP contribution in [0.2, 0.25) is 0 Å². The van der Waals surface area contributed by atoms with Crippen molar-refractivity contribution in [3.05, 3.63) is 70.4 Å². The van der Waals surface area contributed by atoms with Crippen molar-refractivity contribution in [1.82, 2.24) is 18.9 Å². The lowest BCUT2D eigenvalue weighted by Crippen LogP contribution is -2.40. The number of fused-ring (bicyclic) bond motifs is 1. The Morgan fingerprint density at radius 1 is 0.900 bits per heavy atom. The third-order valence-corrected chi connectivity index (χ3v) is 5.59. The van der Waals surface area contributed by atoms with Gasteiger partial charge in [0.1, 0.15) is 12.4 Å². The Bertz CT molecular complexity index is 1170. The predicted molar refractivity (Wildman–Crippen MR) is 111 cm³/mol. The molecule has 3 aromatic rings. The second kappa shape index (κ2) is 8.14. The summed E-state index contributed by atoms with van der Waals surface area (Å²) in [5, 5.41) is 0. The summed E-state index contributed by atoms with van der Waals surface area (Å²) in [7, 11) is 1.68. The fraction of sp³-hybridized carbons (Fsp3) is 0.318. The zero-order chi connectivity index (χ0) is 21.3. The van der Waals surface area contributed by atoms with Crippen LogP contribution in [0.25, 0.3) is 11.0 Å². The minimum atomic E-state index is -0.546. The molecule has 0 N–H and O–H groups in total. The molecule has 0 radical (unpaired) electrons. The summed E-state index contributed by atoms with van der Waals surface area (Å²) in [6, 6.07) is 13.3. The summed E-state index contributed by atoms with van der Waals surface area (Å²) >= 11 is 0. The van der Waals surface area contributed by atoms with Gasteiger partial charge in [-0.3, -0.25) is 18.7 Å². The maximum atomic E-state index is 14.0. The maximum Gasteiger partial charge on any atom is 0.329 e. The van der Waals surface area contributed by atoms with E-state index in [1.807, 2.05) is 24.3 Å². The number of nitrogens with zero attached hydrogens (tertiary/aromatic N) is 4. The molecule has 0 saturated carbocycles. The lowest BCUT2D eigenvalue weighted by atomic mass is 10.2. The molecule has 0 spiro atoms. The first-order valence-electron chi connectivity index (χ1n) is 9.93. The van der Waals surface area contributed by atoms with Crippen molar-refractivity contribution in [3.63, 3.8) is 0 Å². The van der Waals surface area contributed by atoms with Crippen LogP contribution in [-0.4, -0.2) is 56.9 Å². The number of carbonyl (C=O) groups excluding carboxylic acids is 2. The highest BCUT2D eigenvalue weighted by Crippen LogP contribution is 2.14. The molecule has 156 valence electrons. The topological polar surface area (TPSA) is 67.6 Å². The number of hydrogen-bond acceptors (Lipinski definition) is 3. The number of para-hydroxylation sites is 2. The highest BCUT2D eigenvalue weighted by atomic mass is 19.1. The quantitative estimate of drug-likeness (QED) is 0.662. The minimum Gasteiger partial charge on any atom is -0.339 e. The van der Waals surface area contributed by atoms with Crippen LogP contribution in [0.4, 0.5) is 4.39 Å². The lowest BCUT2D eigenvalue weighted by Gasteiger charge is -2.22. The van der Waals surface area contributed by atoms with Gasteiger partial charge < -0.3 is 9.80 Å². The van der Waals surface area contributed by atoms with E-state index in [1.54, 1.807) is 29.0 Å². The van der Waals surface area contributed by atoms with E-state index in [0.717, 1.165) is 5.52 Å². The van der Waals surface area contributed by atoms with Crippen LogP contribution in [0.3, 0.4) is 0 Å². The van der Waals surface area contributed by atoms with E-state index in [2.05, 4.69) is 0 Å². The molecule has 1 aromatic heterocycles. The van der Waals surface area contributed by atoms with Gasteiger partial charge in [0.05, 0.1) is 16.6 Å². The van der Waals surface area contributed by atoms with Crippen LogP contribution in [0.15, 0.2) is 53.3 Å². The van der Waals surface area contributed by atoms with Crippen LogP contribution >= 0.6 is 0 Å². The van der Waals surface area contributed by atoms with Gasteiger partial charge in [0.25, 0.3) is 5.91 Å². The summed E-state index contributed by atoms with van der Waals surface area (Å²) < 4.78 is 17.0. The number of aryl methyl sites for hydroxylation is 1. The second-order valence-electron chi connectivity index (χ2n) is 7.42. The summed E-state index contributed by atoms with van der Waals surface area (Å²) in [4.78, 5) is 41.4. The first-order valence-corrected chi connectivity index (χ1v) is 9.93. The average molecular weight is 410 g/mol. The molecule has 0 bridgehead atoms. The Morgan fingerprint density at radius 3 is 2.30 bits per heavy atom. The molecule has 2 heterocycles. The lowest BCUT2D eigenvalue weighted by molar-refractivity contribution is -0.131. The van der Waals surface area contributed by atoms with Gasteiger partial charge in [-0.05, 0) is 30.7 Å². The van der Waals surface area contributed by atoms with E-state index in [-0.39, 0.29) is 29.6 Å². The van der Waals surface area contributed by atoms with Gasteiger partial charge in [0, 0.05) is 33.2 Å². The summed E-state index contributed by atoms with van der Waals surface area (Å²) in [5.41, 5.74) is 1.28. The van der Waals surface area contributed by atoms with E-state index < -0.39 is 5.82 Å². The van der Waals surface area contributed by atoms with E-state index in [1.165, 1.54) is 21.3 Å². The number of hydrogen-bond donors (Lipinski definition) is 0. The van der Waals surface area contributed by atoms with Gasteiger partial charge in [-0.1, -0.05) is 24.3 Å². The van der Waals surface area contributed by atoms with Crippen LogP contribution in [0.1, 0.15) is 16.8 Å². The molecular formula is C22H23FN4O3. The van der Waals surface area contributed by atoms with Gasteiger partial charge in [-0.25, -0.2) is 9.18 Å². The van der Waals surface area contributed by atoms with Crippen LogP contribution < -0.4 is 5.69 Å². The number of aromatic nitrogens is 2. The molecule has 8 heteroatoms. The maximum absolute atomic E-state index is 14.0. The molecule has 4 rings (SSSR count). The summed E-state index contributed by atoms with van der Waals surface area (Å²) in [6.45, 7) is 1.55. The normalized spacial score (nSPS) is 14.7. The number of imidazole rings is 1. The third-order valence-electron chi connectivity index (χ3n) is 5.59. The molecule has 0 aliphatic carbocycles. The van der Waals surface area contributed by atoms with Crippen molar-refractivity contribution in [2.45, 2.75) is 13.0 Å². The fourth-order valence-corrected chi connectivity index (χ4v) is 3.93. The van der Waals surface area contributed by atoms with Gasteiger partial charge in [0.2, 0.25) is 5.91 Å². The van der Waals surface area contributed by atoms with E-state index in [4.69, 9.17) is 0 Å². The smallest absolute Gasteiger partial charge is 0.329 e. The molecule has 0 atom stereocenters. The molecule has 7 nitrogen and oxygen atoms in total. The van der Waals surface area contributed by atoms with Crippen molar-refractivity contribution in [3.8, 4) is 0 Å². The van der Waals surface area contributed by atoms with Crippen molar-refractivity contribution in [1.29, 1.82) is 0 Å². The molecular weight excluding hydrogens is 387 g/mol. The van der Waals surface area contributed by atoms with E-state index >= 15 is 0 Å². The highest BCUT2D eigenvalue weighted by Gasteiger charge is 2.25. The van der Waals surface area contributed by atoms with Gasteiger partial charge in [-0.2, -0.15) is 0 Å². The molecule has 2 amide bonds.